The molecule has 0 radical (unpaired) electrons. The molecule has 0 rings (SSSR count). The Labute approximate surface area is 54.8 Å². The second-order valence-electron chi connectivity index (χ2n) is 2.32. The molecule has 0 N–H and O–H groups in total. The van der Waals surface area contributed by atoms with Gasteiger partial charge in [0.15, 0.2) is 0 Å². The Bertz CT molecular complexity index is 43.7. The first-order valence-corrected chi connectivity index (χ1v) is 4.93. The van der Waals surface area contributed by atoms with E-state index in [4.69, 9.17) is 0 Å². The summed E-state index contributed by atoms with van der Waals surface area (Å²) in [5, 5.41) is 0. The molecule has 0 aromatic heterocycles. The fraction of sp³-hybridized carbons (Fsp3) is 1.00. The van der Waals surface area contributed by atoms with Gasteiger partial charge < -0.3 is 0 Å². The fourth-order valence-electron chi connectivity index (χ4n) is 0.535. The molecule has 0 aliphatic heterocycles. The van der Waals surface area contributed by atoms with Gasteiger partial charge >= 0.3 is 0 Å². The van der Waals surface area contributed by atoms with Crippen LogP contribution in [0.4, 0.5) is 0 Å². The minimum absolute atomic E-state index is 0.966. The van der Waals surface area contributed by atoms with Gasteiger partial charge in [0, 0.05) is 0 Å². The zero-order valence-corrected chi connectivity index (χ0v) is 7.20. The lowest BCUT2D eigenvalue weighted by Gasteiger charge is -2.04. The molecular formula is C7H17P. The Kier molecular flexibility index (Phi) is 5.86. The summed E-state index contributed by atoms with van der Waals surface area (Å²) in [6.45, 7) is 6.87. The van der Waals surface area contributed by atoms with Crippen LogP contribution in [-0.4, -0.2) is 12.3 Å². The van der Waals surface area contributed by atoms with Gasteiger partial charge in [0.05, 0.1) is 0 Å². The van der Waals surface area contributed by atoms with Crippen LogP contribution in [0.1, 0.15) is 27.2 Å². The van der Waals surface area contributed by atoms with Crippen molar-refractivity contribution >= 4 is 8.58 Å². The van der Waals surface area contributed by atoms with Crippen molar-refractivity contribution in [3.8, 4) is 0 Å². The summed E-state index contributed by atoms with van der Waals surface area (Å²) >= 11 is 0. The molecule has 0 aromatic rings. The van der Waals surface area contributed by atoms with Gasteiger partial charge in [-0.05, 0) is 18.2 Å². The van der Waals surface area contributed by atoms with Gasteiger partial charge in [-0.25, -0.2) is 0 Å². The summed E-state index contributed by atoms with van der Waals surface area (Å²) < 4.78 is 0. The predicted molar refractivity (Wildman–Crippen MR) is 43.2 cm³/mol. The molecule has 1 heteroatoms. The van der Waals surface area contributed by atoms with Crippen LogP contribution >= 0.6 is 8.58 Å². The Hall–Kier alpha value is 0.430. The third-order valence-corrected chi connectivity index (χ3v) is 2.93. The molecule has 2 unspecified atom stereocenters. The average molecular weight is 132 g/mol. The average Bonchev–Trinajstić information content (AvgIpc) is 1.83. The van der Waals surface area contributed by atoms with E-state index in [2.05, 4.69) is 20.8 Å². The number of hydrogen-bond acceptors (Lipinski definition) is 0. The summed E-state index contributed by atoms with van der Waals surface area (Å²) in [4.78, 5) is 0. The number of hydrogen-bond donors (Lipinski definition) is 0. The summed E-state index contributed by atoms with van der Waals surface area (Å²) in [5.41, 5.74) is 0. The Morgan fingerprint density at radius 2 is 2.00 bits per heavy atom. The zero-order valence-electron chi connectivity index (χ0n) is 6.20. The van der Waals surface area contributed by atoms with Crippen LogP contribution in [0.5, 0.6) is 0 Å². The van der Waals surface area contributed by atoms with Crippen molar-refractivity contribution in [2.75, 3.05) is 12.3 Å². The van der Waals surface area contributed by atoms with E-state index in [1.54, 1.807) is 0 Å². The molecule has 0 saturated heterocycles. The lowest BCUT2D eigenvalue weighted by Crippen LogP contribution is -1.93. The lowest BCUT2D eigenvalue weighted by atomic mass is 10.2. The molecule has 8 heavy (non-hydrogen) atoms. The molecule has 0 fully saturated rings. The largest absolute Gasteiger partial charge is 0.122 e. The fourth-order valence-corrected chi connectivity index (χ4v) is 1.61. The standard InChI is InChI=1S/C7H17P/c1-4-7(3)6-8-5-2/h7-8H,4-6H2,1-3H3. The van der Waals surface area contributed by atoms with E-state index in [0.717, 1.165) is 5.92 Å². The van der Waals surface area contributed by atoms with Crippen molar-refractivity contribution in [1.82, 2.24) is 0 Å². The van der Waals surface area contributed by atoms with Gasteiger partial charge in [0.1, 0.15) is 0 Å². The Morgan fingerprint density at radius 3 is 2.38 bits per heavy atom. The van der Waals surface area contributed by atoms with Gasteiger partial charge in [-0.1, -0.05) is 27.2 Å². The van der Waals surface area contributed by atoms with Crippen LogP contribution in [0.2, 0.25) is 0 Å². The lowest BCUT2D eigenvalue weighted by molar-refractivity contribution is 0.635. The van der Waals surface area contributed by atoms with Gasteiger partial charge in [0.2, 0.25) is 0 Å². The second-order valence-corrected chi connectivity index (χ2v) is 3.94. The monoisotopic (exact) mass is 132 g/mol. The van der Waals surface area contributed by atoms with Crippen molar-refractivity contribution in [1.29, 1.82) is 0 Å². The van der Waals surface area contributed by atoms with E-state index < -0.39 is 0 Å². The molecule has 0 spiro atoms. The van der Waals surface area contributed by atoms with Crippen molar-refractivity contribution in [2.24, 2.45) is 5.92 Å². The van der Waals surface area contributed by atoms with Crippen LogP contribution in [0.15, 0.2) is 0 Å². The molecule has 0 saturated carbocycles. The molecule has 0 nitrogen and oxygen atoms in total. The molecule has 0 bridgehead atoms. The predicted octanol–water partition coefficient (Wildman–Crippen LogP) is 2.73. The van der Waals surface area contributed by atoms with E-state index in [-0.39, 0.29) is 0 Å². The molecule has 0 heterocycles. The molecular weight excluding hydrogens is 115 g/mol. The van der Waals surface area contributed by atoms with E-state index >= 15 is 0 Å². The second kappa shape index (κ2) is 5.56. The maximum Gasteiger partial charge on any atom is -0.0328 e. The highest BCUT2D eigenvalue weighted by Gasteiger charge is 1.94. The van der Waals surface area contributed by atoms with Gasteiger partial charge in [-0.15, -0.1) is 8.58 Å². The van der Waals surface area contributed by atoms with Crippen molar-refractivity contribution in [3.63, 3.8) is 0 Å². The first kappa shape index (κ1) is 8.43. The SMILES string of the molecule is CCPCC(C)CC. The van der Waals surface area contributed by atoms with Crippen LogP contribution < -0.4 is 0 Å². The summed E-state index contributed by atoms with van der Waals surface area (Å²) in [6.07, 6.45) is 4.18. The molecule has 0 aliphatic carbocycles. The van der Waals surface area contributed by atoms with Crippen LogP contribution in [0.25, 0.3) is 0 Å². The van der Waals surface area contributed by atoms with Crippen LogP contribution in [-0.2, 0) is 0 Å². The van der Waals surface area contributed by atoms with Crippen molar-refractivity contribution in [2.45, 2.75) is 27.2 Å². The maximum atomic E-state index is 2.34. The highest BCUT2D eigenvalue weighted by molar-refractivity contribution is 7.37. The molecule has 50 valence electrons. The quantitative estimate of drug-likeness (QED) is 0.516. The topological polar surface area (TPSA) is 0 Å². The first-order valence-electron chi connectivity index (χ1n) is 3.52. The normalized spacial score (nSPS) is 15.4. The Morgan fingerprint density at radius 1 is 1.38 bits per heavy atom. The van der Waals surface area contributed by atoms with Gasteiger partial charge in [-0.2, -0.15) is 0 Å². The molecule has 0 amide bonds. The molecule has 0 aromatic carbocycles. The highest BCUT2D eigenvalue weighted by atomic mass is 31.1. The Balaban J connectivity index is 2.86. The van der Waals surface area contributed by atoms with Gasteiger partial charge in [-0.3, -0.25) is 0 Å². The van der Waals surface area contributed by atoms with E-state index in [1.807, 2.05) is 0 Å². The third-order valence-electron chi connectivity index (χ3n) is 1.44. The third kappa shape index (κ3) is 4.59. The van der Waals surface area contributed by atoms with E-state index in [9.17, 15) is 0 Å². The minimum Gasteiger partial charge on any atom is -0.122 e. The minimum atomic E-state index is 0.966. The van der Waals surface area contributed by atoms with E-state index in [0.29, 0.717) is 0 Å². The smallest absolute Gasteiger partial charge is 0.0328 e. The first-order chi connectivity index (χ1) is 3.81. The number of rotatable bonds is 4. The summed E-state index contributed by atoms with van der Waals surface area (Å²) in [6, 6.07) is 0. The van der Waals surface area contributed by atoms with Crippen LogP contribution in [0, 0.1) is 5.92 Å². The molecule has 0 aliphatic rings. The van der Waals surface area contributed by atoms with E-state index in [1.165, 1.54) is 27.3 Å². The van der Waals surface area contributed by atoms with Crippen LogP contribution in [0.3, 0.4) is 0 Å². The van der Waals surface area contributed by atoms with Gasteiger partial charge in [0.25, 0.3) is 0 Å². The summed E-state index contributed by atoms with van der Waals surface area (Å²) in [7, 11) is 1.20. The maximum absolute atomic E-state index is 2.34. The highest BCUT2D eigenvalue weighted by Crippen LogP contribution is 2.15. The summed E-state index contributed by atoms with van der Waals surface area (Å²) in [5.74, 6) is 0.966. The zero-order chi connectivity index (χ0) is 6.41. The molecule has 2 atom stereocenters. The van der Waals surface area contributed by atoms with Crippen molar-refractivity contribution < 1.29 is 0 Å². The van der Waals surface area contributed by atoms with Crippen molar-refractivity contribution in [3.05, 3.63) is 0 Å².